The molecule has 1 fully saturated rings. The molecule has 2 unspecified atom stereocenters. The first-order valence-corrected chi connectivity index (χ1v) is 6.61. The zero-order valence-electron chi connectivity index (χ0n) is 11.5. The zero-order chi connectivity index (χ0) is 13.2. The first-order chi connectivity index (χ1) is 8.58. The van der Waals surface area contributed by atoms with Crippen molar-refractivity contribution in [2.75, 3.05) is 21.2 Å². The number of likely N-dealkylation sites (N-methyl/N-ethyl adjacent to an activating group) is 1. The van der Waals surface area contributed by atoms with Crippen LogP contribution in [0.3, 0.4) is 0 Å². The van der Waals surface area contributed by atoms with Crippen LogP contribution < -0.4 is 4.74 Å². The quantitative estimate of drug-likeness (QED) is 0.893. The van der Waals surface area contributed by atoms with E-state index < -0.39 is 5.60 Å². The molecule has 0 bridgehead atoms. The first kappa shape index (κ1) is 13.4. The molecule has 3 nitrogen and oxygen atoms in total. The van der Waals surface area contributed by atoms with Gasteiger partial charge in [0.15, 0.2) is 0 Å². The molecule has 1 aromatic rings. The Balaban J connectivity index is 2.37. The van der Waals surface area contributed by atoms with Crippen LogP contribution in [0.5, 0.6) is 5.75 Å². The van der Waals surface area contributed by atoms with E-state index in [2.05, 4.69) is 4.90 Å². The van der Waals surface area contributed by atoms with E-state index in [0.717, 1.165) is 30.6 Å². The van der Waals surface area contributed by atoms with Crippen molar-refractivity contribution in [3.05, 3.63) is 29.8 Å². The third kappa shape index (κ3) is 2.38. The van der Waals surface area contributed by atoms with Crippen LogP contribution >= 0.6 is 0 Å². The third-order valence-electron chi connectivity index (χ3n) is 4.03. The molecule has 2 atom stereocenters. The van der Waals surface area contributed by atoms with Gasteiger partial charge >= 0.3 is 0 Å². The average molecular weight is 249 g/mol. The normalized spacial score (nSPS) is 28.4. The highest BCUT2D eigenvalue weighted by atomic mass is 16.5. The van der Waals surface area contributed by atoms with E-state index in [1.165, 1.54) is 6.42 Å². The molecule has 1 aliphatic rings. The van der Waals surface area contributed by atoms with Crippen molar-refractivity contribution in [2.24, 2.45) is 0 Å². The Morgan fingerprint density at radius 2 is 2.11 bits per heavy atom. The highest BCUT2D eigenvalue weighted by Crippen LogP contribution is 2.40. The summed E-state index contributed by atoms with van der Waals surface area (Å²) < 4.78 is 5.26. The number of hydrogen-bond donors (Lipinski definition) is 1. The summed E-state index contributed by atoms with van der Waals surface area (Å²) in [6.07, 6.45) is 4.14. The summed E-state index contributed by atoms with van der Waals surface area (Å²) in [5.74, 6) is 0.809. The van der Waals surface area contributed by atoms with Crippen LogP contribution in [0.1, 0.15) is 31.2 Å². The van der Waals surface area contributed by atoms with Crippen LogP contribution in [-0.2, 0) is 5.60 Å². The van der Waals surface area contributed by atoms with Crippen molar-refractivity contribution >= 4 is 0 Å². The molecule has 2 rings (SSSR count). The van der Waals surface area contributed by atoms with Crippen LogP contribution in [0.2, 0.25) is 0 Å². The Kier molecular flexibility index (Phi) is 3.93. The van der Waals surface area contributed by atoms with Gasteiger partial charge in [0.1, 0.15) is 11.4 Å². The van der Waals surface area contributed by atoms with Gasteiger partial charge in [0.2, 0.25) is 0 Å². The molecule has 0 amide bonds. The molecule has 0 spiro atoms. The van der Waals surface area contributed by atoms with Gasteiger partial charge in [0.25, 0.3) is 0 Å². The van der Waals surface area contributed by atoms with Crippen LogP contribution in [0, 0.1) is 0 Å². The number of hydrogen-bond acceptors (Lipinski definition) is 3. The lowest BCUT2D eigenvalue weighted by atomic mass is 9.75. The fraction of sp³-hybridized carbons (Fsp3) is 0.600. The molecule has 1 aromatic carbocycles. The number of aliphatic hydroxyl groups is 1. The maximum absolute atomic E-state index is 11.1. The van der Waals surface area contributed by atoms with Crippen LogP contribution in [0.4, 0.5) is 0 Å². The molecule has 100 valence electrons. The van der Waals surface area contributed by atoms with Crippen molar-refractivity contribution < 1.29 is 9.84 Å². The second-order valence-electron chi connectivity index (χ2n) is 5.38. The molecule has 0 heterocycles. The van der Waals surface area contributed by atoms with Crippen molar-refractivity contribution in [1.29, 1.82) is 0 Å². The summed E-state index contributed by atoms with van der Waals surface area (Å²) in [4.78, 5) is 2.14. The molecule has 3 heteroatoms. The van der Waals surface area contributed by atoms with Gasteiger partial charge in [-0.2, -0.15) is 0 Å². The number of rotatable bonds is 3. The molecular formula is C15H23NO2. The standard InChI is InChI=1S/C15H23NO2/c1-16(2)14-9-4-5-10-15(14,17)12-7-6-8-13(11-12)18-3/h6-8,11,14,17H,4-5,9-10H2,1-3H3. The van der Waals surface area contributed by atoms with E-state index >= 15 is 0 Å². The molecular weight excluding hydrogens is 226 g/mol. The fourth-order valence-corrected chi connectivity index (χ4v) is 3.05. The monoisotopic (exact) mass is 249 g/mol. The molecule has 0 aliphatic heterocycles. The lowest BCUT2D eigenvalue weighted by molar-refractivity contribution is -0.0663. The summed E-state index contributed by atoms with van der Waals surface area (Å²) in [6, 6.07) is 8.01. The molecule has 1 aliphatic carbocycles. The maximum atomic E-state index is 11.1. The Hall–Kier alpha value is -1.06. The van der Waals surface area contributed by atoms with Gasteiger partial charge in [-0.15, -0.1) is 0 Å². The van der Waals surface area contributed by atoms with E-state index in [-0.39, 0.29) is 6.04 Å². The highest BCUT2D eigenvalue weighted by Gasteiger charge is 2.41. The predicted octanol–water partition coefficient (Wildman–Crippen LogP) is 2.39. The minimum Gasteiger partial charge on any atom is -0.497 e. The topological polar surface area (TPSA) is 32.7 Å². The van der Waals surface area contributed by atoms with Gasteiger partial charge in [-0.05, 0) is 44.6 Å². The van der Waals surface area contributed by atoms with Gasteiger partial charge < -0.3 is 14.7 Å². The summed E-state index contributed by atoms with van der Waals surface area (Å²) >= 11 is 0. The van der Waals surface area contributed by atoms with Crippen molar-refractivity contribution in [2.45, 2.75) is 37.3 Å². The summed E-state index contributed by atoms with van der Waals surface area (Å²) in [6.45, 7) is 0. The van der Waals surface area contributed by atoms with Gasteiger partial charge in [-0.3, -0.25) is 0 Å². The van der Waals surface area contributed by atoms with Gasteiger partial charge in [0, 0.05) is 6.04 Å². The Morgan fingerprint density at radius 1 is 1.33 bits per heavy atom. The van der Waals surface area contributed by atoms with Crippen LogP contribution in [-0.4, -0.2) is 37.3 Å². The lowest BCUT2D eigenvalue weighted by Crippen LogP contribution is -2.49. The Bertz CT molecular complexity index is 405. The van der Waals surface area contributed by atoms with Crippen LogP contribution in [0.15, 0.2) is 24.3 Å². The zero-order valence-corrected chi connectivity index (χ0v) is 11.5. The van der Waals surface area contributed by atoms with Crippen LogP contribution in [0.25, 0.3) is 0 Å². The van der Waals surface area contributed by atoms with Gasteiger partial charge in [-0.1, -0.05) is 25.0 Å². The second kappa shape index (κ2) is 5.29. The summed E-state index contributed by atoms with van der Waals surface area (Å²) in [5.41, 5.74) is 0.219. The smallest absolute Gasteiger partial charge is 0.119 e. The van der Waals surface area contributed by atoms with Gasteiger partial charge in [0.05, 0.1) is 7.11 Å². The predicted molar refractivity (Wildman–Crippen MR) is 72.8 cm³/mol. The summed E-state index contributed by atoms with van der Waals surface area (Å²) in [5, 5.41) is 11.1. The number of ether oxygens (including phenoxy) is 1. The SMILES string of the molecule is COc1cccc(C2(O)CCCCC2N(C)C)c1. The maximum Gasteiger partial charge on any atom is 0.119 e. The van der Waals surface area contributed by atoms with E-state index in [1.54, 1.807) is 7.11 Å². The highest BCUT2D eigenvalue weighted by molar-refractivity contribution is 5.33. The number of benzene rings is 1. The second-order valence-corrected chi connectivity index (χ2v) is 5.38. The van der Waals surface area contributed by atoms with Crippen molar-refractivity contribution in [3.63, 3.8) is 0 Å². The lowest BCUT2D eigenvalue weighted by Gasteiger charge is -2.43. The Morgan fingerprint density at radius 3 is 2.78 bits per heavy atom. The van der Waals surface area contributed by atoms with E-state index in [1.807, 2.05) is 38.4 Å². The molecule has 0 aromatic heterocycles. The van der Waals surface area contributed by atoms with E-state index in [0.29, 0.717) is 0 Å². The van der Waals surface area contributed by atoms with Gasteiger partial charge in [-0.25, -0.2) is 0 Å². The third-order valence-corrected chi connectivity index (χ3v) is 4.03. The first-order valence-electron chi connectivity index (χ1n) is 6.61. The summed E-state index contributed by atoms with van der Waals surface area (Å²) in [7, 11) is 5.75. The molecule has 0 radical (unpaired) electrons. The molecule has 0 saturated heterocycles. The number of nitrogens with zero attached hydrogens (tertiary/aromatic N) is 1. The van der Waals surface area contributed by atoms with Crippen molar-refractivity contribution in [1.82, 2.24) is 4.90 Å². The fourth-order valence-electron chi connectivity index (χ4n) is 3.05. The molecule has 1 saturated carbocycles. The van der Waals surface area contributed by atoms with Crippen molar-refractivity contribution in [3.8, 4) is 5.75 Å². The minimum absolute atomic E-state index is 0.179. The van der Waals surface area contributed by atoms with E-state index in [9.17, 15) is 5.11 Å². The average Bonchev–Trinajstić information content (AvgIpc) is 2.39. The minimum atomic E-state index is -0.754. The largest absolute Gasteiger partial charge is 0.497 e. The molecule has 18 heavy (non-hydrogen) atoms. The van der Waals surface area contributed by atoms with E-state index in [4.69, 9.17) is 4.74 Å². The number of methoxy groups -OCH3 is 1. The Labute approximate surface area is 109 Å². The molecule has 1 N–H and O–H groups in total.